The van der Waals surface area contributed by atoms with Gasteiger partial charge < -0.3 is 5.32 Å². The number of hydrogen-bond acceptors (Lipinski definition) is 7. The topological polar surface area (TPSA) is 122 Å². The fraction of sp³-hybridized carbons (Fsp3) is 0.524. The lowest BCUT2D eigenvalue weighted by Gasteiger charge is -2.18. The third-order valence-electron chi connectivity index (χ3n) is 5.23. The quantitative estimate of drug-likeness (QED) is 0.655. The summed E-state index contributed by atoms with van der Waals surface area (Å²) < 4.78 is 32.2. The maximum Gasteiger partial charge on any atom is 0.266 e. The summed E-state index contributed by atoms with van der Waals surface area (Å²) in [6.07, 6.45) is 2.16. The first-order valence-electron chi connectivity index (χ1n) is 10.4. The summed E-state index contributed by atoms with van der Waals surface area (Å²) in [6, 6.07) is 8.59. The first-order chi connectivity index (χ1) is 14.8. The molecule has 1 aliphatic rings. The minimum Gasteiger partial charge on any atom is -0.346 e. The summed E-state index contributed by atoms with van der Waals surface area (Å²) in [5.74, 6) is -0.133. The zero-order valence-electron chi connectivity index (χ0n) is 17.8. The maximum atomic E-state index is 13.2. The van der Waals surface area contributed by atoms with Crippen LogP contribution in [0, 0.1) is 5.92 Å². The minimum atomic E-state index is -4.07. The molecule has 1 amide bonds. The zero-order valence-corrected chi connectivity index (χ0v) is 18.6. The van der Waals surface area contributed by atoms with E-state index in [1.807, 2.05) is 44.2 Å². The van der Waals surface area contributed by atoms with E-state index < -0.39 is 16.1 Å². The molecule has 168 valence electrons. The molecule has 1 aromatic carbocycles. The molecular weight excluding hydrogens is 420 g/mol. The standard InChI is InChI=1S/C21H28N4O5S/c1-15(2)10-11-20(27)22-17-9-6-12-25(14-19(17)26)31(28,29)21-18(23-30-24-21)13-16-7-4-3-5-8-16/h3-5,7-8,15,17H,6,9-14H2,1-2H3,(H,22,27). The van der Waals surface area contributed by atoms with E-state index in [1.165, 1.54) is 0 Å². The number of ketones is 1. The van der Waals surface area contributed by atoms with Gasteiger partial charge in [0.25, 0.3) is 10.0 Å². The average Bonchev–Trinajstić information content (AvgIpc) is 3.12. The van der Waals surface area contributed by atoms with Gasteiger partial charge in [-0.25, -0.2) is 13.0 Å². The SMILES string of the molecule is CC(C)CCC(=O)NC1CCCN(S(=O)(=O)c2nonc2Cc2ccccc2)CC1=O. The minimum absolute atomic E-state index is 0.157. The summed E-state index contributed by atoms with van der Waals surface area (Å²) in [5, 5.41) is 9.88. The van der Waals surface area contributed by atoms with E-state index in [2.05, 4.69) is 15.6 Å². The monoisotopic (exact) mass is 448 g/mol. The maximum absolute atomic E-state index is 13.2. The molecule has 1 aliphatic heterocycles. The number of Topliss-reactive ketones (excluding diaryl/α,β-unsaturated/α-hetero) is 1. The molecular formula is C21H28N4O5S. The molecule has 1 aromatic heterocycles. The average molecular weight is 449 g/mol. The molecule has 1 N–H and O–H groups in total. The van der Waals surface area contributed by atoms with Crippen molar-refractivity contribution in [2.24, 2.45) is 5.92 Å². The Balaban J connectivity index is 1.70. The third-order valence-corrected chi connectivity index (χ3v) is 7.02. The molecule has 31 heavy (non-hydrogen) atoms. The smallest absolute Gasteiger partial charge is 0.266 e. The Bertz CT molecular complexity index is 1000. The van der Waals surface area contributed by atoms with Crippen LogP contribution in [0.25, 0.3) is 0 Å². The number of nitrogens with one attached hydrogen (secondary N) is 1. The molecule has 9 nitrogen and oxygen atoms in total. The number of sulfonamides is 1. The van der Waals surface area contributed by atoms with Crippen LogP contribution in [0.2, 0.25) is 0 Å². The van der Waals surface area contributed by atoms with Gasteiger partial charge in [0.1, 0.15) is 5.69 Å². The van der Waals surface area contributed by atoms with Crippen molar-refractivity contribution in [2.75, 3.05) is 13.1 Å². The van der Waals surface area contributed by atoms with E-state index in [1.54, 1.807) is 0 Å². The van der Waals surface area contributed by atoms with Gasteiger partial charge in [0, 0.05) is 19.4 Å². The fourth-order valence-corrected chi connectivity index (χ4v) is 4.90. The van der Waals surface area contributed by atoms with Crippen molar-refractivity contribution < 1.29 is 22.6 Å². The largest absolute Gasteiger partial charge is 0.346 e. The van der Waals surface area contributed by atoms with Crippen LogP contribution in [-0.4, -0.2) is 53.9 Å². The van der Waals surface area contributed by atoms with E-state index in [4.69, 9.17) is 4.63 Å². The number of aromatic nitrogens is 2. The molecule has 2 heterocycles. The fourth-order valence-electron chi connectivity index (χ4n) is 3.45. The van der Waals surface area contributed by atoms with Gasteiger partial charge in [-0.1, -0.05) is 49.3 Å². The Morgan fingerprint density at radius 3 is 2.71 bits per heavy atom. The second-order valence-corrected chi connectivity index (χ2v) is 10.0. The second-order valence-electron chi connectivity index (χ2n) is 8.18. The van der Waals surface area contributed by atoms with Gasteiger partial charge in [-0.3, -0.25) is 9.59 Å². The summed E-state index contributed by atoms with van der Waals surface area (Å²) in [5.41, 5.74) is 1.06. The van der Waals surface area contributed by atoms with Crippen molar-refractivity contribution >= 4 is 21.7 Å². The lowest BCUT2D eigenvalue weighted by atomic mass is 10.1. The first kappa shape index (κ1) is 23.1. The normalized spacial score (nSPS) is 18.2. The van der Waals surface area contributed by atoms with E-state index >= 15 is 0 Å². The summed E-state index contributed by atoms with van der Waals surface area (Å²) in [7, 11) is -4.07. The van der Waals surface area contributed by atoms with Crippen LogP contribution in [-0.2, 0) is 26.0 Å². The molecule has 1 atom stereocenters. The van der Waals surface area contributed by atoms with Crippen LogP contribution in [0.5, 0.6) is 0 Å². The molecule has 0 bridgehead atoms. The molecule has 1 fully saturated rings. The Hall–Kier alpha value is -2.59. The summed E-state index contributed by atoms with van der Waals surface area (Å²) in [6.45, 7) is 3.88. The van der Waals surface area contributed by atoms with Crippen LogP contribution in [0.3, 0.4) is 0 Å². The molecule has 1 saturated heterocycles. The van der Waals surface area contributed by atoms with Crippen LogP contribution >= 0.6 is 0 Å². The van der Waals surface area contributed by atoms with E-state index in [0.29, 0.717) is 25.2 Å². The van der Waals surface area contributed by atoms with E-state index in [9.17, 15) is 18.0 Å². The second kappa shape index (κ2) is 10.1. The number of carbonyl (C=O) groups excluding carboxylic acids is 2. The van der Waals surface area contributed by atoms with E-state index in [0.717, 1.165) is 16.3 Å². The van der Waals surface area contributed by atoms with Gasteiger partial charge in [0.05, 0.1) is 12.6 Å². The molecule has 2 aromatic rings. The number of rotatable bonds is 8. The van der Waals surface area contributed by atoms with Crippen LogP contribution in [0.4, 0.5) is 0 Å². The molecule has 3 rings (SSSR count). The number of benzene rings is 1. The predicted octanol–water partition coefficient (Wildman–Crippen LogP) is 1.93. The van der Waals surface area contributed by atoms with Crippen molar-refractivity contribution in [3.8, 4) is 0 Å². The molecule has 0 aliphatic carbocycles. The number of amides is 1. The molecule has 1 unspecified atom stereocenters. The Morgan fingerprint density at radius 1 is 1.26 bits per heavy atom. The van der Waals surface area contributed by atoms with Gasteiger partial charge in [-0.2, -0.15) is 4.31 Å². The predicted molar refractivity (Wildman–Crippen MR) is 113 cm³/mol. The van der Waals surface area contributed by atoms with Gasteiger partial charge >= 0.3 is 0 Å². The summed E-state index contributed by atoms with van der Waals surface area (Å²) >= 11 is 0. The highest BCUT2D eigenvalue weighted by molar-refractivity contribution is 7.89. The van der Waals surface area contributed by atoms with Crippen LogP contribution in [0.15, 0.2) is 40.0 Å². The Kier molecular flexibility index (Phi) is 7.55. The van der Waals surface area contributed by atoms with Gasteiger partial charge in [0.2, 0.25) is 10.9 Å². The van der Waals surface area contributed by atoms with Gasteiger partial charge in [0.15, 0.2) is 5.78 Å². The van der Waals surface area contributed by atoms with Crippen molar-refractivity contribution in [3.63, 3.8) is 0 Å². The first-order valence-corrected chi connectivity index (χ1v) is 11.9. The molecule has 0 spiro atoms. The van der Waals surface area contributed by atoms with Crippen molar-refractivity contribution in [1.29, 1.82) is 0 Å². The Labute approximate surface area is 182 Å². The summed E-state index contributed by atoms with van der Waals surface area (Å²) in [4.78, 5) is 24.8. The van der Waals surface area contributed by atoms with Crippen molar-refractivity contribution in [3.05, 3.63) is 41.6 Å². The van der Waals surface area contributed by atoms with Crippen LogP contribution < -0.4 is 5.32 Å². The van der Waals surface area contributed by atoms with Crippen molar-refractivity contribution in [1.82, 2.24) is 19.9 Å². The number of nitrogens with zero attached hydrogens (tertiary/aromatic N) is 3. The van der Waals surface area contributed by atoms with Gasteiger partial charge in [-0.15, -0.1) is 0 Å². The zero-order chi connectivity index (χ0) is 22.4. The Morgan fingerprint density at radius 2 is 2.00 bits per heavy atom. The lowest BCUT2D eigenvalue weighted by Crippen LogP contribution is -2.44. The number of hydrogen-bond donors (Lipinski definition) is 1. The molecule has 0 saturated carbocycles. The van der Waals surface area contributed by atoms with Crippen LogP contribution in [0.1, 0.15) is 50.8 Å². The highest BCUT2D eigenvalue weighted by Crippen LogP contribution is 2.22. The van der Waals surface area contributed by atoms with Gasteiger partial charge in [-0.05, 0) is 35.9 Å². The molecule has 0 radical (unpaired) electrons. The third kappa shape index (κ3) is 5.98. The highest BCUT2D eigenvalue weighted by atomic mass is 32.2. The highest BCUT2D eigenvalue weighted by Gasteiger charge is 2.36. The number of carbonyl (C=O) groups is 2. The van der Waals surface area contributed by atoms with E-state index in [-0.39, 0.29) is 41.9 Å². The van der Waals surface area contributed by atoms with Crippen molar-refractivity contribution in [2.45, 2.75) is 57.0 Å². The molecule has 10 heteroatoms. The lowest BCUT2D eigenvalue weighted by molar-refractivity contribution is -0.127.